The first-order valence-corrected chi connectivity index (χ1v) is 9.27. The van der Waals surface area contributed by atoms with Crippen molar-refractivity contribution in [2.75, 3.05) is 0 Å². The molecule has 1 atom stereocenters. The molecule has 11 heteroatoms. The molecule has 0 aliphatic heterocycles. The van der Waals surface area contributed by atoms with Crippen molar-refractivity contribution in [3.05, 3.63) is 0 Å². The van der Waals surface area contributed by atoms with E-state index in [2.05, 4.69) is 4.74 Å². The summed E-state index contributed by atoms with van der Waals surface area (Å²) in [4.78, 5) is 10.8. The lowest BCUT2D eigenvalue weighted by Gasteiger charge is -2.62. The summed E-state index contributed by atoms with van der Waals surface area (Å²) >= 11 is 0. The second-order valence-corrected chi connectivity index (χ2v) is 9.05. The van der Waals surface area contributed by atoms with Crippen LogP contribution in [0.1, 0.15) is 38.5 Å². The smallest absolute Gasteiger partial charge is 0.436 e. The van der Waals surface area contributed by atoms with Gasteiger partial charge in [0.1, 0.15) is 0 Å². The number of hydrogen-bond acceptors (Lipinski definition) is 4. The minimum atomic E-state index is -6.50. The van der Waals surface area contributed by atoms with E-state index in [-0.39, 0.29) is 37.0 Å². The third-order valence-corrected chi connectivity index (χ3v) is 7.08. The molecule has 1 N–H and O–H groups in total. The molecule has 1 unspecified atom stereocenters. The Bertz CT molecular complexity index is 638. The molecule has 4 rings (SSSR count). The monoisotopic (exact) mass is 392 g/mol. The van der Waals surface area contributed by atoms with Crippen LogP contribution >= 0.6 is 0 Å². The third kappa shape index (κ3) is 2.34. The molecule has 0 aromatic heterocycles. The first-order valence-electron chi connectivity index (χ1n) is 7.83. The maximum absolute atomic E-state index is 14.6. The zero-order chi connectivity index (χ0) is 18.9. The normalized spacial score (nSPS) is 37.6. The standard InChI is InChI=1S/C14H17F5O5S/c15-13(16,17)12(24-7-20,14(18,19)25(21,22)23)11-4-8-1-9(5-11)3-10(2-8)6-11/h7-10H,1-6H2,(H,21,22,23). The Morgan fingerprint density at radius 1 is 0.960 bits per heavy atom. The quantitative estimate of drug-likeness (QED) is 0.442. The highest BCUT2D eigenvalue weighted by atomic mass is 32.2. The second kappa shape index (κ2) is 5.28. The second-order valence-electron chi connectivity index (χ2n) is 7.58. The predicted molar refractivity (Wildman–Crippen MR) is 73.0 cm³/mol. The Hall–Kier alpha value is -0.970. The van der Waals surface area contributed by atoms with Crippen LogP contribution in [0.5, 0.6) is 0 Å². The van der Waals surface area contributed by atoms with Crippen LogP contribution in [0.3, 0.4) is 0 Å². The zero-order valence-electron chi connectivity index (χ0n) is 12.9. The first kappa shape index (κ1) is 18.8. The maximum atomic E-state index is 14.6. The van der Waals surface area contributed by atoms with E-state index < -0.39 is 39.0 Å². The van der Waals surface area contributed by atoms with Crippen molar-refractivity contribution < 1.29 is 44.5 Å². The molecule has 4 bridgehead atoms. The number of carbonyl (C=O) groups excluding carboxylic acids is 1. The van der Waals surface area contributed by atoms with Crippen molar-refractivity contribution in [3.63, 3.8) is 0 Å². The molecule has 0 heterocycles. The van der Waals surface area contributed by atoms with Gasteiger partial charge in [0.25, 0.3) is 12.1 Å². The van der Waals surface area contributed by atoms with Crippen LogP contribution in [0, 0.1) is 23.2 Å². The van der Waals surface area contributed by atoms with Crippen molar-refractivity contribution in [3.8, 4) is 0 Å². The summed E-state index contributed by atoms with van der Waals surface area (Å²) < 4.78 is 106. The van der Waals surface area contributed by atoms with E-state index >= 15 is 0 Å². The van der Waals surface area contributed by atoms with Gasteiger partial charge in [-0.25, -0.2) is 0 Å². The van der Waals surface area contributed by atoms with E-state index in [1.807, 2.05) is 0 Å². The average molecular weight is 392 g/mol. The SMILES string of the molecule is O=COC(C(F)(F)F)(C12CC3CC(CC(C3)C1)C2)C(F)(F)S(=O)(=O)O. The van der Waals surface area contributed by atoms with Crippen LogP contribution in [0.4, 0.5) is 22.0 Å². The van der Waals surface area contributed by atoms with E-state index in [1.165, 1.54) is 0 Å². The molecule has 5 nitrogen and oxygen atoms in total. The number of hydrogen-bond donors (Lipinski definition) is 1. The fraction of sp³-hybridized carbons (Fsp3) is 0.929. The van der Waals surface area contributed by atoms with Crippen molar-refractivity contribution in [2.24, 2.45) is 23.2 Å². The van der Waals surface area contributed by atoms with E-state index in [1.54, 1.807) is 0 Å². The molecule has 4 fully saturated rings. The molecule has 144 valence electrons. The third-order valence-electron chi connectivity index (χ3n) is 6.14. The minimum Gasteiger partial charge on any atom is -0.443 e. The lowest BCUT2D eigenvalue weighted by molar-refractivity contribution is -0.368. The predicted octanol–water partition coefficient (Wildman–Crippen LogP) is 3.16. The highest BCUT2D eigenvalue weighted by molar-refractivity contribution is 7.87. The summed E-state index contributed by atoms with van der Waals surface area (Å²) in [5.41, 5.74) is -6.89. The van der Waals surface area contributed by atoms with Crippen LogP contribution in [-0.4, -0.2) is 36.5 Å². The molecular weight excluding hydrogens is 375 g/mol. The topological polar surface area (TPSA) is 80.7 Å². The highest BCUT2D eigenvalue weighted by Gasteiger charge is 2.86. The summed E-state index contributed by atoms with van der Waals surface area (Å²) in [5, 5.41) is -5.72. The summed E-state index contributed by atoms with van der Waals surface area (Å²) in [7, 11) is -6.50. The largest absolute Gasteiger partial charge is 0.443 e. The number of ether oxygens (including phenoxy) is 1. The minimum absolute atomic E-state index is 0.263. The molecule has 0 saturated heterocycles. The fourth-order valence-corrected chi connectivity index (χ4v) is 6.57. The van der Waals surface area contributed by atoms with Gasteiger partial charge in [-0.1, -0.05) is 0 Å². The van der Waals surface area contributed by atoms with Crippen molar-refractivity contribution in [2.45, 2.75) is 55.6 Å². The zero-order valence-corrected chi connectivity index (χ0v) is 13.7. The summed E-state index contributed by atoms with van der Waals surface area (Å²) in [6.45, 7) is -0.800. The summed E-state index contributed by atoms with van der Waals surface area (Å²) in [6, 6.07) is 0. The molecule has 0 amide bonds. The Kier molecular flexibility index (Phi) is 3.97. The Morgan fingerprint density at radius 2 is 1.36 bits per heavy atom. The van der Waals surface area contributed by atoms with Gasteiger partial charge in [0, 0.05) is 5.41 Å². The van der Waals surface area contributed by atoms with Crippen LogP contribution in [0.15, 0.2) is 0 Å². The summed E-state index contributed by atoms with van der Waals surface area (Å²) in [5.74, 6) is -0.790. The number of carbonyl (C=O) groups is 1. The molecule has 4 aliphatic carbocycles. The fourth-order valence-electron chi connectivity index (χ4n) is 5.83. The molecule has 0 aromatic carbocycles. The van der Waals surface area contributed by atoms with Gasteiger partial charge in [-0.2, -0.15) is 30.4 Å². The maximum Gasteiger partial charge on any atom is 0.436 e. The van der Waals surface area contributed by atoms with Crippen LogP contribution < -0.4 is 0 Å². The van der Waals surface area contributed by atoms with Crippen molar-refractivity contribution in [1.29, 1.82) is 0 Å². The van der Waals surface area contributed by atoms with Gasteiger partial charge in [-0.05, 0) is 56.3 Å². The number of rotatable bonds is 5. The van der Waals surface area contributed by atoms with Crippen molar-refractivity contribution >= 4 is 16.6 Å². The average Bonchev–Trinajstić information content (AvgIpc) is 2.39. The molecule has 25 heavy (non-hydrogen) atoms. The van der Waals surface area contributed by atoms with Gasteiger partial charge in [0.15, 0.2) is 0 Å². The Balaban J connectivity index is 2.27. The van der Waals surface area contributed by atoms with Crippen LogP contribution in [-0.2, 0) is 19.6 Å². The lowest BCUT2D eigenvalue weighted by Crippen LogP contribution is -2.74. The molecular formula is C14H17F5O5S. The number of alkyl halides is 5. The van der Waals surface area contributed by atoms with Crippen LogP contribution in [0.2, 0.25) is 0 Å². The molecule has 4 saturated carbocycles. The van der Waals surface area contributed by atoms with E-state index in [0.29, 0.717) is 19.3 Å². The van der Waals surface area contributed by atoms with Gasteiger partial charge < -0.3 is 4.74 Å². The molecule has 0 radical (unpaired) electrons. The number of halogens is 5. The van der Waals surface area contributed by atoms with Crippen LogP contribution in [0.25, 0.3) is 0 Å². The van der Waals surface area contributed by atoms with Gasteiger partial charge in [0.2, 0.25) is 0 Å². The highest BCUT2D eigenvalue weighted by Crippen LogP contribution is 2.70. The van der Waals surface area contributed by atoms with E-state index in [9.17, 15) is 35.2 Å². The summed E-state index contributed by atoms with van der Waals surface area (Å²) in [6.07, 6.45) is -5.09. The van der Waals surface area contributed by atoms with E-state index in [0.717, 1.165) is 0 Å². The lowest BCUT2D eigenvalue weighted by atomic mass is 9.45. The Morgan fingerprint density at radius 3 is 1.64 bits per heavy atom. The molecule has 0 aromatic rings. The van der Waals surface area contributed by atoms with Gasteiger partial charge >= 0.3 is 21.5 Å². The van der Waals surface area contributed by atoms with Gasteiger partial charge in [-0.3, -0.25) is 9.35 Å². The van der Waals surface area contributed by atoms with E-state index in [4.69, 9.17) is 4.55 Å². The molecule has 0 spiro atoms. The first-order chi connectivity index (χ1) is 11.3. The van der Waals surface area contributed by atoms with Crippen molar-refractivity contribution in [1.82, 2.24) is 0 Å². The Labute approximate surface area is 140 Å². The van der Waals surface area contributed by atoms with Gasteiger partial charge in [0.05, 0.1) is 0 Å². The van der Waals surface area contributed by atoms with Gasteiger partial charge in [-0.15, -0.1) is 0 Å². The molecule has 4 aliphatic rings.